The second-order valence-electron chi connectivity index (χ2n) is 6.16. The number of pyridine rings is 1. The van der Waals surface area contributed by atoms with E-state index in [-0.39, 0.29) is 11.3 Å². The van der Waals surface area contributed by atoms with Crippen LogP contribution >= 0.6 is 34.7 Å². The second-order valence-corrected chi connectivity index (χ2v) is 8.75. The first-order chi connectivity index (χ1) is 15.0. The quantitative estimate of drug-likeness (QED) is 0.410. The minimum absolute atomic E-state index is 0.0379. The third-order valence-corrected chi connectivity index (χ3v) is 6.65. The zero-order chi connectivity index (χ0) is 22.0. The molecule has 7 nitrogen and oxygen atoms in total. The highest BCUT2D eigenvalue weighted by Gasteiger charge is 2.20. The Bertz CT molecular complexity index is 1340. The number of nitrogens with one attached hydrogen (secondary N) is 1. The van der Waals surface area contributed by atoms with E-state index in [1.807, 2.05) is 23.6 Å². The summed E-state index contributed by atoms with van der Waals surface area (Å²) in [6, 6.07) is 13.7. The molecule has 4 rings (SSSR count). The molecule has 1 radical (unpaired) electrons. The van der Waals surface area contributed by atoms with Crippen molar-refractivity contribution < 1.29 is 9.53 Å². The van der Waals surface area contributed by atoms with Crippen molar-refractivity contribution in [2.75, 3.05) is 12.4 Å². The number of nitrogens with zero attached hydrogens (tertiary/aromatic N) is 3. The molecule has 0 fully saturated rings. The van der Waals surface area contributed by atoms with Crippen LogP contribution in [-0.4, -0.2) is 23.0 Å². The molecule has 1 amide bonds. The van der Waals surface area contributed by atoms with Crippen molar-refractivity contribution in [1.29, 1.82) is 5.26 Å². The number of ether oxygens (including phenoxy) is 1. The Balaban J connectivity index is 1.79. The summed E-state index contributed by atoms with van der Waals surface area (Å²) in [4.78, 5) is 21.3. The third-order valence-electron chi connectivity index (χ3n) is 4.26. The Morgan fingerprint density at radius 1 is 1.42 bits per heavy atom. The topological polar surface area (TPSA) is 114 Å². The largest absolute Gasteiger partial charge is 0.496 e. The van der Waals surface area contributed by atoms with Crippen molar-refractivity contribution in [3.8, 4) is 11.8 Å². The number of thiazole rings is 1. The number of carbonyl (C=O) groups is 1. The van der Waals surface area contributed by atoms with E-state index in [1.54, 1.807) is 24.4 Å². The molecule has 0 spiro atoms. The standard InChI is InChI=1S/C21H13ClN5O2S2/c1-29-12-3-4-13-16(9-12)27-19(20(24)28)14(10-23)18(13)26-11-2-5-17(15(22)8-11)31-21-25-6-7-30-21/h2,4-9H,1H3,(H2,24,28)(H,26,27). The number of benzene rings is 2. The van der Waals surface area contributed by atoms with E-state index in [0.29, 0.717) is 33.0 Å². The van der Waals surface area contributed by atoms with E-state index < -0.39 is 5.91 Å². The van der Waals surface area contributed by atoms with E-state index in [2.05, 4.69) is 21.4 Å². The van der Waals surface area contributed by atoms with Crippen molar-refractivity contribution in [1.82, 2.24) is 9.97 Å². The Hall–Kier alpha value is -3.32. The van der Waals surface area contributed by atoms with Crippen molar-refractivity contribution >= 4 is 62.9 Å². The zero-order valence-corrected chi connectivity index (χ0v) is 18.4. The fraction of sp³-hybridized carbons (Fsp3) is 0.0476. The van der Waals surface area contributed by atoms with Crippen molar-refractivity contribution in [2.24, 2.45) is 5.73 Å². The minimum atomic E-state index is -0.804. The molecule has 2 heterocycles. The highest BCUT2D eigenvalue weighted by Crippen LogP contribution is 2.38. The summed E-state index contributed by atoms with van der Waals surface area (Å²) in [5.41, 5.74) is 6.83. The highest BCUT2D eigenvalue weighted by atomic mass is 35.5. The zero-order valence-electron chi connectivity index (χ0n) is 16.0. The molecular formula is C21H13ClN5O2S2. The number of fused-ring (bicyclic) bond motifs is 1. The number of nitriles is 1. The van der Waals surface area contributed by atoms with Crippen LogP contribution in [0.5, 0.6) is 5.75 Å². The predicted octanol–water partition coefficient (Wildman–Crippen LogP) is 5.02. The highest BCUT2D eigenvalue weighted by molar-refractivity contribution is 8.01. The first-order valence-corrected chi connectivity index (χ1v) is 10.8. The number of amides is 1. The number of hydrogen-bond donors (Lipinski definition) is 2. The van der Waals surface area contributed by atoms with Crippen LogP contribution in [0.4, 0.5) is 11.4 Å². The lowest BCUT2D eigenvalue weighted by atomic mass is 10.1. The van der Waals surface area contributed by atoms with Crippen LogP contribution in [0.1, 0.15) is 16.1 Å². The predicted molar refractivity (Wildman–Crippen MR) is 121 cm³/mol. The summed E-state index contributed by atoms with van der Waals surface area (Å²) >= 11 is 9.45. The molecule has 31 heavy (non-hydrogen) atoms. The van der Waals surface area contributed by atoms with Gasteiger partial charge in [-0.3, -0.25) is 4.79 Å². The monoisotopic (exact) mass is 466 g/mol. The van der Waals surface area contributed by atoms with Crippen LogP contribution in [-0.2, 0) is 0 Å². The maximum Gasteiger partial charge on any atom is 0.268 e. The number of halogens is 1. The molecule has 3 N–H and O–H groups in total. The van der Waals surface area contributed by atoms with Gasteiger partial charge in [0, 0.05) is 39.7 Å². The Morgan fingerprint density at radius 3 is 2.90 bits per heavy atom. The van der Waals surface area contributed by atoms with Crippen LogP contribution < -0.4 is 15.8 Å². The SMILES string of the molecule is COc1[c]cc2c(Nc3ccc(Sc4nccs4)c(Cl)c3)c(C#N)c(C(N)=O)nc2c1. The molecule has 0 atom stereocenters. The van der Waals surface area contributed by atoms with Gasteiger partial charge >= 0.3 is 0 Å². The Morgan fingerprint density at radius 2 is 2.26 bits per heavy atom. The summed E-state index contributed by atoms with van der Waals surface area (Å²) in [7, 11) is 1.50. The molecular weight excluding hydrogens is 454 g/mol. The number of methoxy groups -OCH3 is 1. The summed E-state index contributed by atoms with van der Waals surface area (Å²) < 4.78 is 6.07. The summed E-state index contributed by atoms with van der Waals surface area (Å²) in [6.07, 6.45) is 1.73. The van der Waals surface area contributed by atoms with Gasteiger partial charge in [-0.2, -0.15) is 5.26 Å². The normalized spacial score (nSPS) is 10.6. The van der Waals surface area contributed by atoms with E-state index in [9.17, 15) is 10.1 Å². The van der Waals surface area contributed by atoms with Crippen LogP contribution in [0.15, 0.2) is 51.1 Å². The van der Waals surface area contributed by atoms with E-state index in [4.69, 9.17) is 22.1 Å². The number of carbonyl (C=O) groups excluding carboxylic acids is 1. The van der Waals surface area contributed by atoms with E-state index >= 15 is 0 Å². The lowest BCUT2D eigenvalue weighted by molar-refractivity contribution is 0.0995. The number of anilines is 2. The van der Waals surface area contributed by atoms with Gasteiger partial charge < -0.3 is 15.8 Å². The molecule has 0 bridgehead atoms. The van der Waals surface area contributed by atoms with E-state index in [1.165, 1.54) is 30.2 Å². The average molecular weight is 467 g/mol. The lowest BCUT2D eigenvalue weighted by Crippen LogP contribution is -2.16. The van der Waals surface area contributed by atoms with Gasteiger partial charge in [0.2, 0.25) is 0 Å². The molecule has 0 aliphatic carbocycles. The van der Waals surface area contributed by atoms with Gasteiger partial charge in [0.05, 0.1) is 23.3 Å². The molecule has 2 aromatic heterocycles. The van der Waals surface area contributed by atoms with Gasteiger partial charge in [-0.15, -0.1) is 11.3 Å². The molecule has 0 aliphatic heterocycles. The number of nitrogens with two attached hydrogens (primary N) is 1. The van der Waals surface area contributed by atoms with Gasteiger partial charge in [-0.1, -0.05) is 23.4 Å². The average Bonchev–Trinajstić information content (AvgIpc) is 3.28. The first-order valence-electron chi connectivity index (χ1n) is 8.77. The van der Waals surface area contributed by atoms with Crippen LogP contribution in [0.25, 0.3) is 10.9 Å². The third kappa shape index (κ3) is 4.27. The van der Waals surface area contributed by atoms with Crippen LogP contribution in [0.2, 0.25) is 5.02 Å². The summed E-state index contributed by atoms with van der Waals surface area (Å²) in [6.45, 7) is 0. The molecule has 2 aromatic carbocycles. The van der Waals surface area contributed by atoms with Gasteiger partial charge in [0.15, 0.2) is 4.34 Å². The van der Waals surface area contributed by atoms with Crippen LogP contribution in [0.3, 0.4) is 0 Å². The molecule has 10 heteroatoms. The smallest absolute Gasteiger partial charge is 0.268 e. The fourth-order valence-electron chi connectivity index (χ4n) is 2.88. The number of rotatable bonds is 6. The summed E-state index contributed by atoms with van der Waals surface area (Å²) in [5, 5.41) is 15.9. The maximum absolute atomic E-state index is 11.9. The molecule has 0 saturated carbocycles. The van der Waals surface area contributed by atoms with Crippen molar-refractivity contribution in [3.63, 3.8) is 0 Å². The number of hydrogen-bond acceptors (Lipinski definition) is 8. The molecule has 0 aliphatic rings. The number of aromatic nitrogens is 2. The van der Waals surface area contributed by atoms with E-state index in [0.717, 1.165) is 9.24 Å². The van der Waals surface area contributed by atoms with Crippen molar-refractivity contribution in [2.45, 2.75) is 9.24 Å². The van der Waals surface area contributed by atoms with Gasteiger partial charge in [-0.05, 0) is 24.3 Å². The second kappa shape index (κ2) is 8.81. The minimum Gasteiger partial charge on any atom is -0.496 e. The molecule has 0 saturated heterocycles. The van der Waals surface area contributed by atoms with Gasteiger partial charge in [0.1, 0.15) is 23.1 Å². The summed E-state index contributed by atoms with van der Waals surface area (Å²) in [5.74, 6) is -0.362. The molecule has 4 aromatic rings. The molecule has 0 unspecified atom stereocenters. The Labute approximate surface area is 190 Å². The fourth-order valence-corrected chi connectivity index (χ4v) is 4.76. The first kappa shape index (κ1) is 20.9. The van der Waals surface area contributed by atoms with Gasteiger partial charge in [-0.25, -0.2) is 9.97 Å². The van der Waals surface area contributed by atoms with Gasteiger partial charge in [0.25, 0.3) is 5.91 Å². The lowest BCUT2D eigenvalue weighted by Gasteiger charge is -2.15. The van der Waals surface area contributed by atoms with Crippen molar-refractivity contribution in [3.05, 3.63) is 64.3 Å². The molecule has 153 valence electrons. The van der Waals surface area contributed by atoms with Crippen LogP contribution in [0, 0.1) is 17.4 Å². The maximum atomic E-state index is 11.9. The Kier molecular flexibility index (Phi) is 5.95. The number of primary amides is 1.